The van der Waals surface area contributed by atoms with Crippen molar-refractivity contribution < 1.29 is 19.7 Å². The maximum absolute atomic E-state index is 10.9. The molecule has 0 saturated carbocycles. The second-order valence-electron chi connectivity index (χ2n) is 12.7. The number of hydrazone groups is 2. The molecule has 0 aromatic heterocycles. The first-order chi connectivity index (χ1) is 25.2. The van der Waals surface area contributed by atoms with Gasteiger partial charge in [-0.3, -0.25) is 10.0 Å². The summed E-state index contributed by atoms with van der Waals surface area (Å²) < 4.78 is 11.8. The number of ether oxygens (including phenoxy) is 2. The molecule has 5 aromatic carbocycles. The van der Waals surface area contributed by atoms with Gasteiger partial charge in [0.15, 0.2) is 0 Å². The molecule has 270 valence electrons. The molecular weight excluding hydrogens is 652 g/mol. The Morgan fingerprint density at radius 1 is 0.481 bits per heavy atom. The van der Waals surface area contributed by atoms with Crippen molar-refractivity contribution in [1.29, 1.82) is 0 Å². The first kappa shape index (κ1) is 37.4. The molecule has 2 unspecified atom stereocenters. The first-order valence-corrected chi connectivity index (χ1v) is 17.2. The smallest absolute Gasteiger partial charge is 0.119 e. The minimum atomic E-state index is -0.813. The van der Waals surface area contributed by atoms with Crippen LogP contribution in [0.3, 0.4) is 0 Å². The maximum Gasteiger partial charge on any atom is 0.119 e. The standard InChI is InChI=1S/C42H48N6O4/c1-45(2)35-19-15-33(16-20-35)27-43-47(37-11-7-5-8-12-37)29-39(49)31-51-41-23-25-42(26-24-41)52-32-40(50)30-48(38-13-9-6-10-14-38)44-28-34-17-21-36(22-18-34)46(3)4/h5-28,39-40,49-50H,29-32H2,1-4H3/b43-27+,44-28+. The quantitative estimate of drug-likeness (QED) is 0.0804. The number of anilines is 4. The molecule has 0 aliphatic carbocycles. The lowest BCUT2D eigenvalue weighted by atomic mass is 10.2. The van der Waals surface area contributed by atoms with Gasteiger partial charge in [0.2, 0.25) is 0 Å². The van der Waals surface area contributed by atoms with Gasteiger partial charge in [-0.05, 0) is 83.9 Å². The van der Waals surface area contributed by atoms with Crippen molar-refractivity contribution in [2.75, 3.05) is 74.3 Å². The number of nitrogens with zero attached hydrogens (tertiary/aromatic N) is 6. The van der Waals surface area contributed by atoms with Crippen LogP contribution in [-0.4, -0.2) is 89.3 Å². The van der Waals surface area contributed by atoms with Crippen molar-refractivity contribution in [2.45, 2.75) is 12.2 Å². The van der Waals surface area contributed by atoms with Gasteiger partial charge in [-0.2, -0.15) is 10.2 Å². The Bertz CT molecular complexity index is 1680. The molecule has 10 nitrogen and oxygen atoms in total. The van der Waals surface area contributed by atoms with Crippen LogP contribution in [0.2, 0.25) is 0 Å². The molecule has 0 fully saturated rings. The minimum Gasteiger partial charge on any atom is -0.491 e. The monoisotopic (exact) mass is 700 g/mol. The predicted molar refractivity (Wildman–Crippen MR) is 214 cm³/mol. The van der Waals surface area contributed by atoms with Gasteiger partial charge < -0.3 is 29.5 Å². The highest BCUT2D eigenvalue weighted by Gasteiger charge is 2.15. The lowest BCUT2D eigenvalue weighted by Crippen LogP contribution is -2.32. The van der Waals surface area contributed by atoms with Gasteiger partial charge in [0.25, 0.3) is 0 Å². The normalized spacial score (nSPS) is 12.4. The molecule has 0 amide bonds. The van der Waals surface area contributed by atoms with Crippen LogP contribution in [0.25, 0.3) is 0 Å². The van der Waals surface area contributed by atoms with Gasteiger partial charge in [-0.25, -0.2) is 0 Å². The molecule has 5 rings (SSSR count). The van der Waals surface area contributed by atoms with Crippen LogP contribution >= 0.6 is 0 Å². The molecule has 0 bridgehead atoms. The topological polar surface area (TPSA) is 96.6 Å². The highest BCUT2D eigenvalue weighted by molar-refractivity contribution is 5.82. The number of benzene rings is 5. The largest absolute Gasteiger partial charge is 0.491 e. The summed E-state index contributed by atoms with van der Waals surface area (Å²) in [4.78, 5) is 4.09. The fourth-order valence-corrected chi connectivity index (χ4v) is 5.15. The van der Waals surface area contributed by atoms with E-state index in [2.05, 4.69) is 10.2 Å². The van der Waals surface area contributed by atoms with Crippen LogP contribution in [0.4, 0.5) is 22.7 Å². The Labute approximate surface area is 307 Å². The lowest BCUT2D eigenvalue weighted by molar-refractivity contribution is 0.110. The first-order valence-electron chi connectivity index (χ1n) is 17.2. The van der Waals surface area contributed by atoms with Gasteiger partial charge in [0.1, 0.15) is 36.9 Å². The summed E-state index contributed by atoms with van der Waals surface area (Å²) in [5.41, 5.74) is 5.85. The zero-order chi connectivity index (χ0) is 36.7. The van der Waals surface area contributed by atoms with E-state index in [0.29, 0.717) is 11.5 Å². The van der Waals surface area contributed by atoms with Crippen LogP contribution in [-0.2, 0) is 0 Å². The summed E-state index contributed by atoms with van der Waals surface area (Å²) in [5, 5.41) is 34.7. The van der Waals surface area contributed by atoms with Gasteiger partial charge >= 0.3 is 0 Å². The maximum atomic E-state index is 10.9. The van der Waals surface area contributed by atoms with Gasteiger partial charge in [-0.1, -0.05) is 60.7 Å². The number of aliphatic hydroxyl groups excluding tert-OH is 2. The predicted octanol–water partition coefficient (Wildman–Crippen LogP) is 6.38. The molecule has 0 heterocycles. The number of aliphatic hydroxyl groups is 2. The fourth-order valence-electron chi connectivity index (χ4n) is 5.15. The van der Waals surface area contributed by atoms with E-state index in [-0.39, 0.29) is 26.3 Å². The molecule has 0 spiro atoms. The van der Waals surface area contributed by atoms with Gasteiger partial charge in [-0.15, -0.1) is 0 Å². The SMILES string of the molecule is CN(C)c1ccc(/C=N/N(CC(O)COc2ccc(OCC(O)CN(/N=C/c3ccc(N(C)C)cc3)c3ccccc3)cc2)c2ccccc2)cc1. The average Bonchev–Trinajstić information content (AvgIpc) is 3.17. The molecular formula is C42H48N6O4. The summed E-state index contributed by atoms with van der Waals surface area (Å²) in [7, 11) is 8.02. The second-order valence-corrected chi connectivity index (χ2v) is 12.7. The number of hydrogen-bond acceptors (Lipinski definition) is 10. The molecule has 0 saturated heterocycles. The Hall–Kier alpha value is -5.84. The fraction of sp³-hybridized carbons (Fsp3) is 0.238. The zero-order valence-electron chi connectivity index (χ0n) is 30.2. The van der Waals surface area contributed by atoms with E-state index >= 15 is 0 Å². The molecule has 2 N–H and O–H groups in total. The molecule has 2 atom stereocenters. The van der Waals surface area contributed by atoms with E-state index in [1.807, 2.05) is 147 Å². The Morgan fingerprint density at radius 3 is 1.15 bits per heavy atom. The Kier molecular flexibility index (Phi) is 13.6. The summed E-state index contributed by atoms with van der Waals surface area (Å²) in [6, 6.07) is 42.8. The third kappa shape index (κ3) is 11.6. The summed E-state index contributed by atoms with van der Waals surface area (Å²) in [5.74, 6) is 1.18. The average molecular weight is 701 g/mol. The van der Waals surface area contributed by atoms with E-state index in [1.165, 1.54) is 0 Å². The highest BCUT2D eigenvalue weighted by atomic mass is 16.5. The lowest BCUT2D eigenvalue weighted by Gasteiger charge is -2.23. The third-order valence-electron chi connectivity index (χ3n) is 8.10. The van der Waals surface area contributed by atoms with Gasteiger partial charge in [0.05, 0.1) is 36.9 Å². The van der Waals surface area contributed by atoms with E-state index in [9.17, 15) is 10.2 Å². The van der Waals surface area contributed by atoms with Crippen molar-refractivity contribution in [1.82, 2.24) is 0 Å². The second kappa shape index (κ2) is 19.0. The molecule has 0 aliphatic heterocycles. The number of hydrogen-bond donors (Lipinski definition) is 2. The summed E-state index contributed by atoms with van der Waals surface area (Å²) >= 11 is 0. The van der Waals surface area contributed by atoms with Crippen molar-refractivity contribution in [2.24, 2.45) is 10.2 Å². The van der Waals surface area contributed by atoms with Crippen molar-refractivity contribution in [3.63, 3.8) is 0 Å². The summed E-state index contributed by atoms with van der Waals surface area (Å²) in [6.07, 6.45) is 1.94. The van der Waals surface area contributed by atoms with Gasteiger partial charge in [0, 0.05) is 39.6 Å². The van der Waals surface area contributed by atoms with Crippen LogP contribution < -0.4 is 29.3 Å². The van der Waals surface area contributed by atoms with Crippen LogP contribution in [0.5, 0.6) is 11.5 Å². The van der Waals surface area contributed by atoms with E-state index in [1.54, 1.807) is 46.7 Å². The Morgan fingerprint density at radius 2 is 0.827 bits per heavy atom. The minimum absolute atomic E-state index is 0.0743. The number of rotatable bonds is 18. The molecule has 5 aromatic rings. The molecule has 0 radical (unpaired) electrons. The molecule has 0 aliphatic rings. The summed E-state index contributed by atoms with van der Waals surface area (Å²) in [6.45, 7) is 0.625. The van der Waals surface area contributed by atoms with E-state index in [4.69, 9.17) is 9.47 Å². The van der Waals surface area contributed by atoms with Crippen molar-refractivity contribution in [3.05, 3.63) is 145 Å². The third-order valence-corrected chi connectivity index (χ3v) is 8.10. The van der Waals surface area contributed by atoms with Crippen LogP contribution in [0.15, 0.2) is 144 Å². The molecule has 10 heteroatoms. The number of para-hydroxylation sites is 2. The van der Waals surface area contributed by atoms with Crippen LogP contribution in [0.1, 0.15) is 11.1 Å². The Balaban J connectivity index is 1.12. The highest BCUT2D eigenvalue weighted by Crippen LogP contribution is 2.21. The van der Waals surface area contributed by atoms with Crippen LogP contribution in [0, 0.1) is 0 Å². The van der Waals surface area contributed by atoms with E-state index < -0.39 is 12.2 Å². The van der Waals surface area contributed by atoms with E-state index in [0.717, 1.165) is 33.9 Å². The zero-order valence-corrected chi connectivity index (χ0v) is 30.2. The van der Waals surface area contributed by atoms with Crippen molar-refractivity contribution >= 4 is 35.2 Å². The molecule has 52 heavy (non-hydrogen) atoms. The van der Waals surface area contributed by atoms with Crippen molar-refractivity contribution in [3.8, 4) is 11.5 Å².